The molecule has 0 atom stereocenters. The van der Waals surface area contributed by atoms with Gasteiger partial charge in [0, 0.05) is 24.3 Å². The minimum Gasteiger partial charge on any atom is -0.350 e. The normalized spacial score (nSPS) is 10.8. The third-order valence-electron chi connectivity index (χ3n) is 4.00. The molecule has 0 unspecified atom stereocenters. The molecule has 3 heteroatoms. The molecule has 1 heterocycles. The van der Waals surface area contributed by atoms with Gasteiger partial charge in [-0.05, 0) is 43.2 Å². The third-order valence-corrected chi connectivity index (χ3v) is 4.00. The molecular formula is C18H18N2O. The van der Waals surface area contributed by atoms with Gasteiger partial charge < -0.3 is 9.88 Å². The van der Waals surface area contributed by atoms with Crippen LogP contribution < -0.4 is 5.32 Å². The van der Waals surface area contributed by atoms with E-state index < -0.39 is 0 Å². The number of para-hydroxylation sites is 1. The molecular weight excluding hydrogens is 260 g/mol. The average Bonchev–Trinajstić information content (AvgIpc) is 2.85. The molecule has 0 aliphatic carbocycles. The topological polar surface area (TPSA) is 34.0 Å². The summed E-state index contributed by atoms with van der Waals surface area (Å²) < 4.78 is 1.98. The van der Waals surface area contributed by atoms with Crippen LogP contribution in [-0.2, 0) is 7.05 Å². The van der Waals surface area contributed by atoms with E-state index in [1.165, 1.54) is 5.56 Å². The lowest BCUT2D eigenvalue weighted by Crippen LogP contribution is -2.14. The molecule has 3 aromatic rings. The van der Waals surface area contributed by atoms with Crippen molar-refractivity contribution in [2.45, 2.75) is 13.8 Å². The number of rotatable bonds is 2. The number of nitrogens with zero attached hydrogens (tertiary/aromatic N) is 1. The van der Waals surface area contributed by atoms with Crippen LogP contribution in [-0.4, -0.2) is 10.5 Å². The second-order valence-electron chi connectivity index (χ2n) is 5.37. The number of aromatic nitrogens is 1. The highest BCUT2D eigenvalue weighted by Crippen LogP contribution is 2.22. The summed E-state index contributed by atoms with van der Waals surface area (Å²) in [5, 5.41) is 4.10. The van der Waals surface area contributed by atoms with Crippen molar-refractivity contribution in [1.29, 1.82) is 0 Å². The Labute approximate surface area is 124 Å². The molecule has 1 aromatic heterocycles. The molecule has 1 N–H and O–H groups in total. The SMILES string of the molecule is Cc1cccc(NC(=O)c2cccc3ccn(C)c23)c1C. The molecule has 106 valence electrons. The van der Waals surface area contributed by atoms with E-state index in [1.807, 2.05) is 74.1 Å². The zero-order valence-corrected chi connectivity index (χ0v) is 12.5. The fraction of sp³-hybridized carbons (Fsp3) is 0.167. The fourth-order valence-corrected chi connectivity index (χ4v) is 2.62. The molecule has 3 rings (SSSR count). The highest BCUT2D eigenvalue weighted by molar-refractivity contribution is 6.12. The van der Waals surface area contributed by atoms with Crippen molar-refractivity contribution in [3.8, 4) is 0 Å². The van der Waals surface area contributed by atoms with E-state index in [4.69, 9.17) is 0 Å². The van der Waals surface area contributed by atoms with Crippen LogP contribution in [0.2, 0.25) is 0 Å². The highest BCUT2D eigenvalue weighted by Gasteiger charge is 2.13. The summed E-state index contributed by atoms with van der Waals surface area (Å²) in [5.74, 6) is -0.0731. The number of carbonyl (C=O) groups is 1. The number of hydrogen-bond donors (Lipinski definition) is 1. The van der Waals surface area contributed by atoms with Crippen molar-refractivity contribution in [3.63, 3.8) is 0 Å². The van der Waals surface area contributed by atoms with Crippen LogP contribution >= 0.6 is 0 Å². The molecule has 2 aromatic carbocycles. The fourth-order valence-electron chi connectivity index (χ4n) is 2.62. The Balaban J connectivity index is 2.01. The number of fused-ring (bicyclic) bond motifs is 1. The lowest BCUT2D eigenvalue weighted by molar-refractivity contribution is 0.102. The van der Waals surface area contributed by atoms with Crippen LogP contribution in [0.5, 0.6) is 0 Å². The monoisotopic (exact) mass is 278 g/mol. The van der Waals surface area contributed by atoms with Gasteiger partial charge in [0.05, 0.1) is 11.1 Å². The minimum absolute atomic E-state index is 0.0731. The van der Waals surface area contributed by atoms with E-state index in [-0.39, 0.29) is 5.91 Å². The number of benzene rings is 2. The Morgan fingerprint density at radius 1 is 1.05 bits per heavy atom. The molecule has 0 aliphatic rings. The van der Waals surface area contributed by atoms with Crippen molar-refractivity contribution in [2.75, 3.05) is 5.32 Å². The van der Waals surface area contributed by atoms with Gasteiger partial charge >= 0.3 is 0 Å². The molecule has 0 aliphatic heterocycles. The smallest absolute Gasteiger partial charge is 0.257 e. The summed E-state index contributed by atoms with van der Waals surface area (Å²) >= 11 is 0. The first-order chi connectivity index (χ1) is 10.1. The largest absolute Gasteiger partial charge is 0.350 e. The number of hydrogen-bond acceptors (Lipinski definition) is 1. The first kappa shape index (κ1) is 13.4. The summed E-state index contributed by atoms with van der Waals surface area (Å²) in [6.07, 6.45) is 1.97. The van der Waals surface area contributed by atoms with Gasteiger partial charge in [-0.15, -0.1) is 0 Å². The van der Waals surface area contributed by atoms with Gasteiger partial charge in [-0.3, -0.25) is 4.79 Å². The summed E-state index contributed by atoms with van der Waals surface area (Å²) in [7, 11) is 1.96. The zero-order valence-electron chi connectivity index (χ0n) is 12.5. The van der Waals surface area contributed by atoms with Gasteiger partial charge in [0.1, 0.15) is 0 Å². The van der Waals surface area contributed by atoms with Crippen molar-refractivity contribution >= 4 is 22.5 Å². The van der Waals surface area contributed by atoms with Gasteiger partial charge in [0.2, 0.25) is 0 Å². The van der Waals surface area contributed by atoms with E-state index in [1.54, 1.807) is 0 Å². The number of anilines is 1. The van der Waals surface area contributed by atoms with Gasteiger partial charge in [-0.2, -0.15) is 0 Å². The molecule has 0 fully saturated rings. The van der Waals surface area contributed by atoms with Crippen LogP contribution in [0.4, 0.5) is 5.69 Å². The lowest BCUT2D eigenvalue weighted by atomic mass is 10.1. The Kier molecular flexibility index (Phi) is 3.26. The molecule has 0 saturated carbocycles. The van der Waals surface area contributed by atoms with Gasteiger partial charge in [-0.1, -0.05) is 24.3 Å². The summed E-state index contributed by atoms with van der Waals surface area (Å²) in [6, 6.07) is 13.8. The quantitative estimate of drug-likeness (QED) is 0.754. The Morgan fingerprint density at radius 3 is 2.62 bits per heavy atom. The maximum atomic E-state index is 12.6. The molecule has 0 radical (unpaired) electrons. The maximum absolute atomic E-state index is 12.6. The van der Waals surface area contributed by atoms with E-state index in [9.17, 15) is 4.79 Å². The van der Waals surface area contributed by atoms with E-state index >= 15 is 0 Å². The van der Waals surface area contributed by atoms with Crippen molar-refractivity contribution in [1.82, 2.24) is 4.57 Å². The highest BCUT2D eigenvalue weighted by atomic mass is 16.1. The van der Waals surface area contributed by atoms with E-state index in [2.05, 4.69) is 5.32 Å². The Morgan fingerprint density at radius 2 is 1.81 bits per heavy atom. The number of nitrogens with one attached hydrogen (secondary N) is 1. The van der Waals surface area contributed by atoms with Crippen LogP contribution in [0, 0.1) is 13.8 Å². The second kappa shape index (κ2) is 5.09. The predicted octanol–water partition coefficient (Wildman–Crippen LogP) is 4.05. The van der Waals surface area contributed by atoms with Gasteiger partial charge in [0.25, 0.3) is 5.91 Å². The molecule has 21 heavy (non-hydrogen) atoms. The Bertz CT molecular complexity index is 830. The average molecular weight is 278 g/mol. The van der Waals surface area contributed by atoms with Crippen LogP contribution in [0.1, 0.15) is 21.5 Å². The summed E-state index contributed by atoms with van der Waals surface area (Å²) in [5.41, 5.74) is 4.79. The number of carbonyl (C=O) groups excluding carboxylic acids is 1. The van der Waals surface area contributed by atoms with Crippen LogP contribution in [0.25, 0.3) is 10.9 Å². The van der Waals surface area contributed by atoms with Crippen molar-refractivity contribution in [3.05, 3.63) is 65.4 Å². The molecule has 1 amide bonds. The van der Waals surface area contributed by atoms with Gasteiger partial charge in [0.15, 0.2) is 0 Å². The molecule has 0 spiro atoms. The van der Waals surface area contributed by atoms with E-state index in [0.29, 0.717) is 5.56 Å². The summed E-state index contributed by atoms with van der Waals surface area (Å²) in [6.45, 7) is 4.07. The molecule has 0 bridgehead atoms. The summed E-state index contributed by atoms with van der Waals surface area (Å²) in [4.78, 5) is 12.6. The van der Waals surface area contributed by atoms with Crippen LogP contribution in [0.3, 0.4) is 0 Å². The molecule has 3 nitrogen and oxygen atoms in total. The zero-order chi connectivity index (χ0) is 15.0. The Hall–Kier alpha value is -2.55. The predicted molar refractivity (Wildman–Crippen MR) is 86.8 cm³/mol. The second-order valence-corrected chi connectivity index (χ2v) is 5.37. The van der Waals surface area contributed by atoms with Crippen molar-refractivity contribution in [2.24, 2.45) is 7.05 Å². The standard InChI is InChI=1S/C18H18N2O/c1-12-6-4-9-16(13(12)2)19-18(21)15-8-5-7-14-10-11-20(3)17(14)15/h4-11H,1-3H3,(H,19,21). The molecule has 0 saturated heterocycles. The third kappa shape index (κ3) is 2.31. The number of amides is 1. The van der Waals surface area contributed by atoms with E-state index in [0.717, 1.165) is 22.2 Å². The van der Waals surface area contributed by atoms with Gasteiger partial charge in [-0.25, -0.2) is 0 Å². The number of aryl methyl sites for hydroxylation is 2. The maximum Gasteiger partial charge on any atom is 0.257 e. The first-order valence-electron chi connectivity index (χ1n) is 6.99. The lowest BCUT2D eigenvalue weighted by Gasteiger charge is -2.11. The van der Waals surface area contributed by atoms with Crippen molar-refractivity contribution < 1.29 is 4.79 Å². The minimum atomic E-state index is -0.0731. The first-order valence-corrected chi connectivity index (χ1v) is 6.99. The van der Waals surface area contributed by atoms with Crippen LogP contribution in [0.15, 0.2) is 48.7 Å².